The zero-order valence-corrected chi connectivity index (χ0v) is 86.5. The van der Waals surface area contributed by atoms with Gasteiger partial charge in [-0.3, -0.25) is 4.79 Å². The first-order valence-corrected chi connectivity index (χ1v) is 48.9. The van der Waals surface area contributed by atoms with Gasteiger partial charge in [0, 0.05) is 62.8 Å². The van der Waals surface area contributed by atoms with Gasteiger partial charge in [0.05, 0.1) is 137 Å². The molecule has 0 saturated carbocycles. The third kappa shape index (κ3) is 35.9. The number of hydrogen-bond acceptors (Lipinski definition) is 24. The van der Waals surface area contributed by atoms with E-state index in [1.807, 2.05) is 154 Å². The maximum Gasteiger partial charge on any atom is 0.338 e. The van der Waals surface area contributed by atoms with Crippen molar-refractivity contribution in [2.75, 3.05) is 143 Å². The summed E-state index contributed by atoms with van der Waals surface area (Å²) in [5, 5.41) is 70.1. The molecule has 0 spiro atoms. The molecule has 0 aliphatic rings. The van der Waals surface area contributed by atoms with Crippen LogP contribution in [0.1, 0.15) is 248 Å². The molecule has 0 saturated heterocycles. The van der Waals surface area contributed by atoms with Crippen molar-refractivity contribution in [2.24, 2.45) is 23.7 Å². The summed E-state index contributed by atoms with van der Waals surface area (Å²) >= 11 is 0. The number of rotatable bonds is 55. The molecular weight excluding hydrogens is 1750 g/mol. The molecule has 0 aromatic heterocycles. The van der Waals surface area contributed by atoms with Crippen molar-refractivity contribution in [3.63, 3.8) is 0 Å². The number of nitrogens with zero attached hydrogens (tertiary/aromatic N) is 8. The van der Waals surface area contributed by atoms with Gasteiger partial charge < -0.3 is 72.8 Å². The number of likely N-dealkylation sites (N-methyl/N-ethyl adjacent to an activating group) is 4. The second-order valence-corrected chi connectivity index (χ2v) is 37.3. The third-order valence-electron chi connectivity index (χ3n) is 26.7. The lowest BCUT2D eigenvalue weighted by atomic mass is 9.69. The number of aliphatic hydroxyl groups is 3. The van der Waals surface area contributed by atoms with Gasteiger partial charge in [0.1, 0.15) is 29.6 Å². The maximum atomic E-state index is 12.2. The van der Waals surface area contributed by atoms with E-state index >= 15 is 0 Å². The molecule has 8 aromatic carbocycles. The van der Waals surface area contributed by atoms with Crippen molar-refractivity contribution in [2.45, 2.75) is 213 Å². The van der Waals surface area contributed by atoms with E-state index in [0.29, 0.717) is 95.1 Å². The number of hydrogen-bond donors (Lipinski definition) is 3. The van der Waals surface area contributed by atoms with Crippen LogP contribution in [0.15, 0.2) is 176 Å². The summed E-state index contributed by atoms with van der Waals surface area (Å²) in [6.07, 6.45) is 12.7. The average Bonchev–Trinajstić information content (AvgIpc) is 0.797. The van der Waals surface area contributed by atoms with Gasteiger partial charge in [-0.05, 0) is 297 Å². The Labute approximate surface area is 829 Å². The van der Waals surface area contributed by atoms with E-state index in [9.17, 15) is 60.3 Å². The highest BCUT2D eigenvalue weighted by Crippen LogP contribution is 2.43. The van der Waals surface area contributed by atoms with Crippen LogP contribution in [0.2, 0.25) is 0 Å². The van der Waals surface area contributed by atoms with Crippen LogP contribution in [0, 0.1) is 69.0 Å². The van der Waals surface area contributed by atoms with Gasteiger partial charge in [-0.1, -0.05) is 167 Å². The molecule has 0 aliphatic heterocycles. The number of methoxy groups -OCH3 is 6. The van der Waals surface area contributed by atoms with E-state index in [0.717, 1.165) is 174 Å². The second-order valence-electron chi connectivity index (χ2n) is 37.3. The SMILES string of the molecule is CCC(=O)Cc1cccc(CCN(C)CCCC(C#N)(c2ccc(OC)c(CO)c2)C(C)C)c1.CCCCOC(=O)c1cccc(CCN(C)CCCC(C#N)(c2ccc(OC)c(CO)c2)C(C)C)c1.COC(=O)c1cccc(CCN(C)CCCC(C#N)(c2cccc(C(=O)OC)c2)C(C)C)c1.COCCOC(=O)c1cccc(CCN(C)CCCC(C#N)(c2ccc(OC)c(CO)c2)C(C)C)c1. The highest BCUT2D eigenvalue weighted by atomic mass is 16.6. The summed E-state index contributed by atoms with van der Waals surface area (Å²) in [6.45, 7) is 28.1. The van der Waals surface area contributed by atoms with Gasteiger partial charge in [0.25, 0.3) is 0 Å². The number of ketones is 1. The predicted octanol–water partition coefficient (Wildman–Crippen LogP) is 19.6. The maximum absolute atomic E-state index is 12.2. The van der Waals surface area contributed by atoms with E-state index in [1.54, 1.807) is 58.8 Å². The molecule has 0 heterocycles. The number of benzene rings is 8. The summed E-state index contributed by atoms with van der Waals surface area (Å²) in [4.78, 5) is 68.9. The van der Waals surface area contributed by atoms with Gasteiger partial charge in [-0.2, -0.15) is 21.0 Å². The Hall–Kier alpha value is -11.7. The molecule has 139 heavy (non-hydrogen) atoms. The van der Waals surface area contributed by atoms with Crippen LogP contribution >= 0.6 is 0 Å². The summed E-state index contributed by atoms with van der Waals surface area (Å²) in [5.41, 5.74) is 10.9. The lowest BCUT2D eigenvalue weighted by Crippen LogP contribution is -2.33. The van der Waals surface area contributed by atoms with Crippen molar-refractivity contribution in [1.29, 1.82) is 21.0 Å². The van der Waals surface area contributed by atoms with E-state index < -0.39 is 27.6 Å². The smallest absolute Gasteiger partial charge is 0.338 e. The molecule has 24 heteroatoms. The van der Waals surface area contributed by atoms with Crippen LogP contribution in [-0.2, 0) is 102 Å². The number of carbonyl (C=O) groups excluding carboxylic acids is 5. The van der Waals surface area contributed by atoms with Gasteiger partial charge in [0.2, 0.25) is 0 Å². The van der Waals surface area contributed by atoms with Crippen molar-refractivity contribution in [3.8, 4) is 41.5 Å². The molecule has 24 nitrogen and oxygen atoms in total. The molecule has 0 amide bonds. The number of ether oxygens (including phenoxy) is 8. The molecule has 0 bridgehead atoms. The van der Waals surface area contributed by atoms with Crippen LogP contribution in [0.4, 0.5) is 0 Å². The fourth-order valence-corrected chi connectivity index (χ4v) is 17.5. The van der Waals surface area contributed by atoms with Crippen molar-refractivity contribution >= 4 is 29.7 Å². The Balaban J connectivity index is 0.000000327. The normalized spacial score (nSPS) is 12.9. The minimum Gasteiger partial charge on any atom is -0.496 e. The molecule has 0 radical (unpaired) electrons. The van der Waals surface area contributed by atoms with Crippen molar-refractivity contribution in [1.82, 2.24) is 19.6 Å². The Bertz CT molecular complexity index is 5140. The summed E-state index contributed by atoms with van der Waals surface area (Å²) in [6, 6.07) is 65.7. The Morgan fingerprint density at radius 1 is 0.338 bits per heavy atom. The third-order valence-corrected chi connectivity index (χ3v) is 26.7. The highest BCUT2D eigenvalue weighted by Gasteiger charge is 2.40. The second kappa shape index (κ2) is 61.7. The fourth-order valence-electron chi connectivity index (χ4n) is 17.5. The Morgan fingerprint density at radius 2 is 0.626 bits per heavy atom. The zero-order valence-electron chi connectivity index (χ0n) is 86.5. The number of aliphatic hydroxyl groups excluding tert-OH is 3. The molecule has 0 fully saturated rings. The van der Waals surface area contributed by atoms with Crippen LogP contribution in [0.25, 0.3) is 0 Å². The van der Waals surface area contributed by atoms with E-state index in [2.05, 4.69) is 133 Å². The highest BCUT2D eigenvalue weighted by molar-refractivity contribution is 5.91. The van der Waals surface area contributed by atoms with E-state index in [1.165, 1.54) is 19.8 Å². The molecule has 4 unspecified atom stereocenters. The van der Waals surface area contributed by atoms with Crippen LogP contribution in [0.3, 0.4) is 0 Å². The number of nitriles is 4. The zero-order chi connectivity index (χ0) is 103. The van der Waals surface area contributed by atoms with Gasteiger partial charge in [-0.15, -0.1) is 0 Å². The molecule has 752 valence electrons. The Morgan fingerprint density at radius 3 is 0.914 bits per heavy atom. The summed E-state index contributed by atoms with van der Waals surface area (Å²) in [7, 11) is 17.4. The van der Waals surface area contributed by atoms with Gasteiger partial charge >= 0.3 is 23.9 Å². The predicted molar refractivity (Wildman–Crippen MR) is 548 cm³/mol. The largest absolute Gasteiger partial charge is 0.496 e. The first-order chi connectivity index (χ1) is 66.7. The summed E-state index contributed by atoms with van der Waals surface area (Å²) < 4.78 is 41.1. The molecule has 8 rings (SSSR count). The first-order valence-electron chi connectivity index (χ1n) is 48.9. The number of unbranched alkanes of at least 4 members (excludes halogenated alkanes) is 1. The minimum absolute atomic E-state index is 0.0850. The standard InChI is InChI=1S/C30H42N2O4.C29H40N2O5.C29H40N2O3.C27H34N2O4/c1-6-7-18-36-29(34)25-11-8-10-24(19-25)14-17-32(4)16-9-15-30(22-31,23(2)3)27-12-13-28(35-5)26(20-27)21-33;1-22(2)29(21-30,26-10-11-27(35-5)25(19-26)20-32)13-7-14-31(3)15-12-23-8-6-9-24(18-23)28(33)36-17-16-34-4;1-6-27(33)18-24-10-7-9-23(17-24)13-16-31(4)15-8-14-29(21-30,22(2)3)26-11-12-28(34-5)25(19-26)20-32;1-20(2)27(19-28,24-12-7-11-23(18-24)26(31)33-5)14-8-15-29(3)16-13-21-9-6-10-22(17-21)25(30)32-4/h8,10-13,19-20,23,33H,6-7,9,14-18,21H2,1-5H3;6,8-11,18-19,22,32H,7,12-17,20H2,1-5H3;7,9-12,17,19,22,32H,6,8,13-16,18,20H2,1-5H3;6-7,9-12,17-18,20H,8,13-16H2,1-5H3. The number of esters is 4. The Kier molecular flexibility index (Phi) is 52.3. The molecular formula is C115H156N8O16. The van der Waals surface area contributed by atoms with Crippen molar-refractivity contribution in [3.05, 3.63) is 265 Å². The summed E-state index contributed by atoms with van der Waals surface area (Å²) in [5.74, 6) is 1.29. The topological polar surface area (TPSA) is 328 Å². The number of Topliss-reactive ketones (excluding diaryl/α,β-unsaturated/α-hetero) is 1. The van der Waals surface area contributed by atoms with Gasteiger partial charge in [-0.25, -0.2) is 19.2 Å². The fraction of sp³-hybridized carbons (Fsp3) is 0.504. The van der Waals surface area contributed by atoms with Crippen molar-refractivity contribution < 1.29 is 77.2 Å². The average molecular weight is 1910 g/mol. The van der Waals surface area contributed by atoms with E-state index in [-0.39, 0.29) is 73.8 Å². The molecule has 4 atom stereocenters. The molecule has 3 N–H and O–H groups in total. The van der Waals surface area contributed by atoms with Gasteiger partial charge in [0.15, 0.2) is 0 Å². The lowest BCUT2D eigenvalue weighted by Gasteiger charge is -2.32. The number of carbonyl (C=O) groups is 5. The van der Waals surface area contributed by atoms with Crippen LogP contribution < -0.4 is 14.2 Å². The monoisotopic (exact) mass is 1910 g/mol. The first kappa shape index (κ1) is 118. The van der Waals surface area contributed by atoms with Crippen LogP contribution in [0.5, 0.6) is 17.2 Å². The van der Waals surface area contributed by atoms with E-state index in [4.69, 9.17) is 37.9 Å². The van der Waals surface area contributed by atoms with Crippen LogP contribution in [-0.4, -0.2) is 208 Å². The minimum atomic E-state index is -0.681. The molecule has 0 aliphatic carbocycles. The lowest BCUT2D eigenvalue weighted by molar-refractivity contribution is -0.118. The molecule has 8 aromatic rings. The quantitative estimate of drug-likeness (QED) is 0.0181.